The van der Waals surface area contributed by atoms with Gasteiger partial charge in [0.05, 0.1) is 19.3 Å². The van der Waals surface area contributed by atoms with Gasteiger partial charge in [-0.15, -0.1) is 0 Å². The fourth-order valence-electron chi connectivity index (χ4n) is 3.14. The fraction of sp³-hybridized carbons (Fsp3) is 0.381. The van der Waals surface area contributed by atoms with Gasteiger partial charge >= 0.3 is 0 Å². The monoisotopic (exact) mass is 450 g/mol. The number of nitrogens with zero attached hydrogens (tertiary/aromatic N) is 1. The summed E-state index contributed by atoms with van der Waals surface area (Å²) in [6, 6.07) is 13.7. The van der Waals surface area contributed by atoms with E-state index in [1.807, 2.05) is 24.3 Å². The molecular formula is C21H24BrFN2O3. The maximum atomic E-state index is 13.3. The first-order valence-corrected chi connectivity index (χ1v) is 10.1. The Kier molecular flexibility index (Phi) is 7.42. The second-order valence-corrected chi connectivity index (χ2v) is 7.59. The van der Waals surface area contributed by atoms with Crippen molar-refractivity contribution in [1.29, 1.82) is 0 Å². The van der Waals surface area contributed by atoms with Gasteiger partial charge in [0, 0.05) is 24.1 Å². The normalized spacial score (nSPS) is 17.0. The Hall–Kier alpha value is -1.96. The Morgan fingerprint density at radius 1 is 1.18 bits per heavy atom. The molecule has 2 aromatic carbocycles. The van der Waals surface area contributed by atoms with Gasteiger partial charge in [-0.05, 0) is 48.9 Å². The zero-order valence-electron chi connectivity index (χ0n) is 15.7. The van der Waals surface area contributed by atoms with Crippen LogP contribution in [-0.2, 0) is 9.53 Å². The summed E-state index contributed by atoms with van der Waals surface area (Å²) in [5, 5.41) is 2.98. The lowest BCUT2D eigenvalue weighted by Gasteiger charge is -2.35. The van der Waals surface area contributed by atoms with Gasteiger partial charge in [-0.3, -0.25) is 9.69 Å². The predicted octanol–water partition coefficient (Wildman–Crippen LogP) is 3.55. The maximum Gasteiger partial charge on any atom is 0.260 e. The molecule has 28 heavy (non-hydrogen) atoms. The molecular weight excluding hydrogens is 427 g/mol. The third-order valence-corrected chi connectivity index (χ3v) is 5.24. The highest BCUT2D eigenvalue weighted by molar-refractivity contribution is 9.10. The highest BCUT2D eigenvalue weighted by Crippen LogP contribution is 2.22. The molecule has 0 aromatic heterocycles. The first-order chi connectivity index (χ1) is 13.5. The molecule has 0 radical (unpaired) electrons. The second kappa shape index (κ2) is 10.0. The topological polar surface area (TPSA) is 50.8 Å². The molecule has 3 rings (SSSR count). The fourth-order valence-corrected chi connectivity index (χ4v) is 3.41. The molecule has 1 fully saturated rings. The van der Waals surface area contributed by atoms with Crippen molar-refractivity contribution < 1.29 is 18.7 Å². The number of carbonyl (C=O) groups is 1. The average molecular weight is 451 g/mol. The minimum Gasteiger partial charge on any atom is -0.481 e. The summed E-state index contributed by atoms with van der Waals surface area (Å²) in [5.74, 6) is 0.169. The molecule has 1 saturated heterocycles. The number of rotatable bonds is 7. The van der Waals surface area contributed by atoms with E-state index in [-0.39, 0.29) is 17.8 Å². The molecule has 0 aliphatic carbocycles. The van der Waals surface area contributed by atoms with E-state index in [1.165, 1.54) is 12.1 Å². The van der Waals surface area contributed by atoms with Crippen LogP contribution in [-0.4, -0.2) is 49.8 Å². The number of benzene rings is 2. The molecule has 1 heterocycles. The Morgan fingerprint density at radius 2 is 1.82 bits per heavy atom. The van der Waals surface area contributed by atoms with Crippen molar-refractivity contribution in [3.05, 3.63) is 64.4 Å². The Balaban J connectivity index is 1.62. The van der Waals surface area contributed by atoms with E-state index in [2.05, 4.69) is 26.1 Å². The lowest BCUT2D eigenvalue weighted by atomic mass is 10.0. The number of hydrogen-bond acceptors (Lipinski definition) is 4. The lowest BCUT2D eigenvalue weighted by Crippen LogP contribution is -2.45. The van der Waals surface area contributed by atoms with Gasteiger partial charge < -0.3 is 14.8 Å². The van der Waals surface area contributed by atoms with Gasteiger partial charge in [-0.2, -0.15) is 0 Å². The van der Waals surface area contributed by atoms with Crippen molar-refractivity contribution in [2.45, 2.75) is 19.1 Å². The van der Waals surface area contributed by atoms with Gasteiger partial charge in [0.1, 0.15) is 11.6 Å². The molecule has 0 saturated carbocycles. The molecule has 0 bridgehead atoms. The van der Waals surface area contributed by atoms with Crippen LogP contribution in [0.5, 0.6) is 5.75 Å². The lowest BCUT2D eigenvalue weighted by molar-refractivity contribution is -0.127. The van der Waals surface area contributed by atoms with E-state index in [9.17, 15) is 9.18 Å². The smallest absolute Gasteiger partial charge is 0.260 e. The van der Waals surface area contributed by atoms with Crippen LogP contribution in [0.2, 0.25) is 0 Å². The van der Waals surface area contributed by atoms with Crippen LogP contribution >= 0.6 is 15.9 Å². The average Bonchev–Trinajstić information content (AvgIpc) is 2.71. The molecule has 1 N–H and O–H groups in total. The molecule has 1 aliphatic rings. The van der Waals surface area contributed by atoms with Crippen molar-refractivity contribution in [3.63, 3.8) is 0 Å². The predicted molar refractivity (Wildman–Crippen MR) is 109 cm³/mol. The van der Waals surface area contributed by atoms with Crippen molar-refractivity contribution in [3.8, 4) is 5.75 Å². The number of nitrogens with one attached hydrogen (secondary N) is 1. The summed E-state index contributed by atoms with van der Waals surface area (Å²) in [4.78, 5) is 14.8. The zero-order valence-corrected chi connectivity index (χ0v) is 17.3. The van der Waals surface area contributed by atoms with Crippen LogP contribution in [0.3, 0.4) is 0 Å². The minimum atomic E-state index is -0.625. The molecule has 1 aliphatic heterocycles. The Morgan fingerprint density at radius 3 is 2.46 bits per heavy atom. The van der Waals surface area contributed by atoms with Crippen LogP contribution < -0.4 is 10.1 Å². The number of halogens is 2. The quantitative estimate of drug-likeness (QED) is 0.700. The van der Waals surface area contributed by atoms with Crippen LogP contribution in [0.25, 0.3) is 0 Å². The highest BCUT2D eigenvalue weighted by Gasteiger charge is 2.24. The minimum absolute atomic E-state index is 0.0478. The SMILES string of the molecule is CC(Oc1ccc(Br)cc1)C(=O)NCC(c1ccc(F)cc1)N1CCOCC1. The summed E-state index contributed by atoms with van der Waals surface area (Å²) >= 11 is 3.37. The van der Waals surface area contributed by atoms with Crippen molar-refractivity contribution in [1.82, 2.24) is 10.2 Å². The molecule has 7 heteroatoms. The first kappa shape index (κ1) is 20.8. The van der Waals surface area contributed by atoms with Crippen LogP contribution in [0, 0.1) is 5.82 Å². The molecule has 5 nitrogen and oxygen atoms in total. The Labute approximate surface area is 172 Å². The van der Waals surface area contributed by atoms with Crippen molar-refractivity contribution in [2.75, 3.05) is 32.8 Å². The van der Waals surface area contributed by atoms with Crippen LogP contribution in [0.4, 0.5) is 4.39 Å². The van der Waals surface area contributed by atoms with Crippen LogP contribution in [0.15, 0.2) is 53.0 Å². The van der Waals surface area contributed by atoms with Gasteiger partial charge in [0.15, 0.2) is 6.10 Å². The maximum absolute atomic E-state index is 13.3. The standard InChI is InChI=1S/C21H24BrFN2O3/c1-15(28-19-8-4-17(22)5-9-19)21(26)24-14-20(25-10-12-27-13-11-25)16-2-6-18(23)7-3-16/h2-9,15,20H,10-14H2,1H3,(H,24,26). The van der Waals surface area contributed by atoms with Gasteiger partial charge in [-0.1, -0.05) is 28.1 Å². The van der Waals surface area contributed by atoms with E-state index >= 15 is 0 Å². The van der Waals surface area contributed by atoms with Crippen molar-refractivity contribution >= 4 is 21.8 Å². The van der Waals surface area contributed by atoms with E-state index in [0.717, 1.165) is 23.1 Å². The zero-order chi connectivity index (χ0) is 19.9. The summed E-state index contributed by atoms with van der Waals surface area (Å²) in [6.07, 6.45) is -0.625. The van der Waals surface area contributed by atoms with Crippen molar-refractivity contribution in [2.24, 2.45) is 0 Å². The summed E-state index contributed by atoms with van der Waals surface area (Å²) in [5.41, 5.74) is 0.963. The molecule has 2 aromatic rings. The van der Waals surface area contributed by atoms with Gasteiger partial charge in [0.2, 0.25) is 0 Å². The molecule has 2 unspecified atom stereocenters. The number of carbonyl (C=O) groups excluding carboxylic acids is 1. The third-order valence-electron chi connectivity index (χ3n) is 4.71. The Bertz CT molecular complexity index is 764. The highest BCUT2D eigenvalue weighted by atomic mass is 79.9. The van der Waals surface area contributed by atoms with Gasteiger partial charge in [-0.25, -0.2) is 4.39 Å². The van der Waals surface area contributed by atoms with E-state index in [0.29, 0.717) is 25.5 Å². The van der Waals surface area contributed by atoms with E-state index in [4.69, 9.17) is 9.47 Å². The second-order valence-electron chi connectivity index (χ2n) is 6.67. The van der Waals surface area contributed by atoms with E-state index < -0.39 is 6.10 Å². The summed E-state index contributed by atoms with van der Waals surface area (Å²) in [6.45, 7) is 4.96. The molecule has 0 spiro atoms. The number of ether oxygens (including phenoxy) is 2. The third kappa shape index (κ3) is 5.77. The summed E-state index contributed by atoms with van der Waals surface area (Å²) in [7, 11) is 0. The largest absolute Gasteiger partial charge is 0.481 e. The number of morpholine rings is 1. The molecule has 150 valence electrons. The van der Waals surface area contributed by atoms with Crippen LogP contribution in [0.1, 0.15) is 18.5 Å². The summed E-state index contributed by atoms with van der Waals surface area (Å²) < 4.78 is 25.4. The number of hydrogen-bond donors (Lipinski definition) is 1. The number of amides is 1. The van der Waals surface area contributed by atoms with Gasteiger partial charge in [0.25, 0.3) is 5.91 Å². The molecule has 2 atom stereocenters. The van der Waals surface area contributed by atoms with E-state index in [1.54, 1.807) is 19.1 Å². The molecule has 1 amide bonds. The first-order valence-electron chi connectivity index (χ1n) is 9.30.